The van der Waals surface area contributed by atoms with E-state index in [2.05, 4.69) is 4.98 Å². The Bertz CT molecular complexity index is 543. The number of pyridine rings is 1. The first-order valence-electron chi connectivity index (χ1n) is 5.33. The summed E-state index contributed by atoms with van der Waals surface area (Å²) in [6, 6.07) is 7.43. The van der Waals surface area contributed by atoms with Gasteiger partial charge in [-0.3, -0.25) is 4.98 Å². The predicted molar refractivity (Wildman–Crippen MR) is 66.4 cm³/mol. The van der Waals surface area contributed by atoms with Gasteiger partial charge in [-0.1, -0.05) is 11.6 Å². The third-order valence-corrected chi connectivity index (χ3v) is 2.60. The number of benzene rings is 1. The van der Waals surface area contributed by atoms with Crippen LogP contribution in [0.1, 0.15) is 18.7 Å². The lowest BCUT2D eigenvalue weighted by Crippen LogP contribution is -1.95. The topological polar surface area (TPSA) is 42.4 Å². The lowest BCUT2D eigenvalue weighted by Gasteiger charge is -2.07. The van der Waals surface area contributed by atoms with E-state index in [-0.39, 0.29) is 5.02 Å². The largest absolute Gasteiger partial charge is 0.456 e. The molecule has 0 aliphatic heterocycles. The van der Waals surface area contributed by atoms with Crippen molar-refractivity contribution in [2.24, 2.45) is 0 Å². The molecular weight excluding hydrogens is 257 g/mol. The Balaban J connectivity index is 2.15. The minimum atomic E-state index is -0.626. The number of ether oxygens (including phenoxy) is 1. The van der Waals surface area contributed by atoms with E-state index in [1.807, 2.05) is 0 Å². The Kier molecular flexibility index (Phi) is 3.79. The predicted octanol–water partition coefficient (Wildman–Crippen LogP) is 3.72. The molecule has 0 aliphatic rings. The van der Waals surface area contributed by atoms with Gasteiger partial charge in [0.15, 0.2) is 0 Å². The van der Waals surface area contributed by atoms with E-state index >= 15 is 0 Å². The number of halogens is 2. The van der Waals surface area contributed by atoms with Crippen LogP contribution in [0.2, 0.25) is 5.02 Å². The van der Waals surface area contributed by atoms with E-state index in [0.717, 1.165) is 0 Å². The van der Waals surface area contributed by atoms with Crippen molar-refractivity contribution in [2.75, 3.05) is 0 Å². The van der Waals surface area contributed by atoms with Crippen molar-refractivity contribution in [3.05, 3.63) is 53.1 Å². The third kappa shape index (κ3) is 2.97. The quantitative estimate of drug-likeness (QED) is 0.922. The Morgan fingerprint density at radius 2 is 2.00 bits per heavy atom. The van der Waals surface area contributed by atoms with E-state index in [1.54, 1.807) is 19.1 Å². The SMILES string of the molecule is CC(O)c1ccc(Oc2ccc(F)c(Cl)c2)cn1. The van der Waals surface area contributed by atoms with Gasteiger partial charge in [-0.05, 0) is 31.2 Å². The van der Waals surface area contributed by atoms with Gasteiger partial charge >= 0.3 is 0 Å². The second-order valence-corrected chi connectivity index (χ2v) is 4.18. The molecule has 1 N–H and O–H groups in total. The van der Waals surface area contributed by atoms with Crippen molar-refractivity contribution in [3.8, 4) is 11.5 Å². The number of aliphatic hydroxyl groups excluding tert-OH is 1. The van der Waals surface area contributed by atoms with E-state index in [0.29, 0.717) is 17.2 Å². The van der Waals surface area contributed by atoms with Gasteiger partial charge in [-0.15, -0.1) is 0 Å². The molecule has 2 aromatic rings. The minimum Gasteiger partial charge on any atom is -0.456 e. The number of rotatable bonds is 3. The molecule has 1 aromatic carbocycles. The van der Waals surface area contributed by atoms with Crippen LogP contribution in [0.3, 0.4) is 0 Å². The van der Waals surface area contributed by atoms with Gasteiger partial charge in [-0.25, -0.2) is 4.39 Å². The maximum Gasteiger partial charge on any atom is 0.145 e. The highest BCUT2D eigenvalue weighted by atomic mass is 35.5. The van der Waals surface area contributed by atoms with Crippen LogP contribution >= 0.6 is 11.6 Å². The minimum absolute atomic E-state index is 0.000981. The molecule has 1 aromatic heterocycles. The summed E-state index contributed by atoms with van der Waals surface area (Å²) in [6.07, 6.45) is 0.860. The summed E-state index contributed by atoms with van der Waals surface area (Å²) in [6.45, 7) is 1.63. The molecular formula is C13H11ClFNO2. The first kappa shape index (κ1) is 12.8. The molecule has 94 valence electrons. The fraction of sp³-hybridized carbons (Fsp3) is 0.154. The lowest BCUT2D eigenvalue weighted by molar-refractivity contribution is 0.194. The second-order valence-electron chi connectivity index (χ2n) is 3.77. The van der Waals surface area contributed by atoms with E-state index in [1.165, 1.54) is 24.4 Å². The van der Waals surface area contributed by atoms with Crippen LogP contribution in [-0.4, -0.2) is 10.1 Å². The van der Waals surface area contributed by atoms with Gasteiger partial charge in [-0.2, -0.15) is 0 Å². The number of hydrogen-bond acceptors (Lipinski definition) is 3. The molecule has 1 unspecified atom stereocenters. The van der Waals surface area contributed by atoms with Gasteiger partial charge in [0, 0.05) is 6.07 Å². The standard InChI is InChI=1S/C13H11ClFNO2/c1-8(17)13-5-3-10(7-16-13)18-9-2-4-12(15)11(14)6-9/h2-8,17H,1H3. The van der Waals surface area contributed by atoms with Gasteiger partial charge in [0.2, 0.25) is 0 Å². The highest BCUT2D eigenvalue weighted by molar-refractivity contribution is 6.30. The van der Waals surface area contributed by atoms with Crippen LogP contribution in [0, 0.1) is 5.82 Å². The first-order valence-corrected chi connectivity index (χ1v) is 5.71. The van der Waals surface area contributed by atoms with Gasteiger partial charge in [0.1, 0.15) is 17.3 Å². The Hall–Kier alpha value is -1.65. The van der Waals surface area contributed by atoms with Crippen LogP contribution < -0.4 is 4.74 Å². The summed E-state index contributed by atoms with van der Waals surface area (Å²) < 4.78 is 18.4. The van der Waals surface area contributed by atoms with E-state index < -0.39 is 11.9 Å². The van der Waals surface area contributed by atoms with Crippen molar-refractivity contribution in [1.82, 2.24) is 4.98 Å². The molecule has 2 rings (SSSR count). The van der Waals surface area contributed by atoms with Crippen molar-refractivity contribution < 1.29 is 14.2 Å². The zero-order valence-corrected chi connectivity index (χ0v) is 10.4. The molecule has 0 fully saturated rings. The number of aliphatic hydroxyl groups is 1. The molecule has 1 atom stereocenters. The van der Waals surface area contributed by atoms with Gasteiger partial charge in [0.25, 0.3) is 0 Å². The zero-order valence-electron chi connectivity index (χ0n) is 9.60. The molecule has 0 saturated heterocycles. The van der Waals surface area contributed by atoms with Gasteiger partial charge in [0.05, 0.1) is 23.0 Å². The van der Waals surface area contributed by atoms with Gasteiger partial charge < -0.3 is 9.84 Å². The van der Waals surface area contributed by atoms with E-state index in [4.69, 9.17) is 16.3 Å². The Labute approximate surface area is 109 Å². The normalized spacial score (nSPS) is 12.2. The van der Waals surface area contributed by atoms with Crippen molar-refractivity contribution in [3.63, 3.8) is 0 Å². The smallest absolute Gasteiger partial charge is 0.145 e. The fourth-order valence-corrected chi connectivity index (χ4v) is 1.55. The summed E-state index contributed by atoms with van der Waals surface area (Å²) in [7, 11) is 0. The summed E-state index contributed by atoms with van der Waals surface area (Å²) >= 11 is 5.64. The van der Waals surface area contributed by atoms with Crippen molar-refractivity contribution in [1.29, 1.82) is 0 Å². The van der Waals surface area contributed by atoms with Crippen LogP contribution in [0.15, 0.2) is 36.5 Å². The summed E-state index contributed by atoms with van der Waals surface area (Å²) in [5.74, 6) is 0.418. The number of nitrogens with zero attached hydrogens (tertiary/aromatic N) is 1. The highest BCUT2D eigenvalue weighted by Crippen LogP contribution is 2.26. The third-order valence-electron chi connectivity index (χ3n) is 2.31. The molecule has 0 amide bonds. The molecule has 0 spiro atoms. The highest BCUT2D eigenvalue weighted by Gasteiger charge is 2.05. The first-order chi connectivity index (χ1) is 8.56. The Morgan fingerprint density at radius 3 is 2.56 bits per heavy atom. The average Bonchev–Trinajstić information content (AvgIpc) is 2.34. The van der Waals surface area contributed by atoms with E-state index in [9.17, 15) is 9.50 Å². The number of aromatic nitrogens is 1. The monoisotopic (exact) mass is 267 g/mol. The molecule has 0 radical (unpaired) electrons. The second kappa shape index (κ2) is 5.33. The molecule has 18 heavy (non-hydrogen) atoms. The van der Waals surface area contributed by atoms with Crippen LogP contribution in [-0.2, 0) is 0 Å². The van der Waals surface area contributed by atoms with Crippen molar-refractivity contribution in [2.45, 2.75) is 13.0 Å². The van der Waals surface area contributed by atoms with Crippen LogP contribution in [0.4, 0.5) is 4.39 Å². The number of hydrogen-bond donors (Lipinski definition) is 1. The van der Waals surface area contributed by atoms with Crippen LogP contribution in [0.25, 0.3) is 0 Å². The molecule has 5 heteroatoms. The average molecular weight is 268 g/mol. The molecule has 0 aliphatic carbocycles. The summed E-state index contributed by atoms with van der Waals surface area (Å²) in [5, 5.41) is 9.31. The molecule has 0 bridgehead atoms. The summed E-state index contributed by atoms with van der Waals surface area (Å²) in [5.41, 5.74) is 0.555. The van der Waals surface area contributed by atoms with Crippen LogP contribution in [0.5, 0.6) is 11.5 Å². The summed E-state index contributed by atoms with van der Waals surface area (Å²) in [4.78, 5) is 4.03. The maximum atomic E-state index is 13.0. The van der Waals surface area contributed by atoms with Crippen molar-refractivity contribution >= 4 is 11.6 Å². The molecule has 3 nitrogen and oxygen atoms in total. The maximum absolute atomic E-state index is 13.0. The fourth-order valence-electron chi connectivity index (χ4n) is 1.38. The Morgan fingerprint density at radius 1 is 1.28 bits per heavy atom. The lowest BCUT2D eigenvalue weighted by atomic mass is 10.2. The zero-order chi connectivity index (χ0) is 13.1. The molecule has 1 heterocycles. The molecule has 0 saturated carbocycles.